The third kappa shape index (κ3) is 7.93. The fourth-order valence-electron chi connectivity index (χ4n) is 7.83. The minimum absolute atomic E-state index is 0.0397. The Bertz CT molecular complexity index is 1540. The minimum atomic E-state index is -1.32. The highest BCUT2D eigenvalue weighted by molar-refractivity contribution is 6.33. The van der Waals surface area contributed by atoms with Crippen LogP contribution in [-0.4, -0.2) is 67.3 Å². The number of rotatable bonds is 11. The Hall–Kier alpha value is -3.20. The van der Waals surface area contributed by atoms with Crippen molar-refractivity contribution in [3.63, 3.8) is 0 Å². The number of methoxy groups -OCH3 is 1. The van der Waals surface area contributed by atoms with Gasteiger partial charge in [-0.3, -0.25) is 4.79 Å². The van der Waals surface area contributed by atoms with E-state index >= 15 is 0 Å². The number of alkyl carbamates (subject to hydrolysis) is 1. The molecule has 0 spiro atoms. The molecule has 2 amide bonds. The maximum Gasteiger partial charge on any atom is 0.406 e. The number of halogens is 1. The molecule has 1 saturated carbocycles. The van der Waals surface area contributed by atoms with E-state index in [-0.39, 0.29) is 23.7 Å². The van der Waals surface area contributed by atoms with Crippen molar-refractivity contribution < 1.29 is 19.4 Å². The summed E-state index contributed by atoms with van der Waals surface area (Å²) < 4.78 is 4.77. The molecule has 1 aliphatic carbocycles. The Morgan fingerprint density at radius 3 is 2.57 bits per heavy atom. The molecule has 0 radical (unpaired) electrons. The summed E-state index contributed by atoms with van der Waals surface area (Å²) in [7, 11) is 3.33. The molecule has 1 aliphatic heterocycles. The van der Waals surface area contributed by atoms with E-state index in [1.54, 1.807) is 0 Å². The van der Waals surface area contributed by atoms with E-state index in [0.717, 1.165) is 61.5 Å². The van der Waals surface area contributed by atoms with Crippen LogP contribution in [0.5, 0.6) is 0 Å². The van der Waals surface area contributed by atoms with Gasteiger partial charge in [-0.2, -0.15) is 0 Å². The molecular formula is C38H51ClN4O4. The number of carbonyl (C=O) groups is 2. The number of hydrogen-bond donors (Lipinski definition) is 3. The molecule has 2 aliphatic rings. The Kier molecular flexibility index (Phi) is 11.8. The predicted octanol–water partition coefficient (Wildman–Crippen LogP) is 7.27. The molecule has 1 saturated heterocycles. The standard InChI is InChI=1S/C38H51ClN4O4/c1-25(2)30-11-5-9-27-18-19-33(42-35(27)30)34-31(12-6-13-32(34)39)38(46,20-8-21-41-37(45)47-4)29-10-7-22-43(24-29)36(44)28-16-14-26(15-17-28)23-40-3/h5-6,9,11-13,18-19,25-26,28-29,40,46H,7-8,10,14-17,20-24H2,1-4H3,(H,41,45)/t26-,28-,29-,38+/m1/s1. The average molecular weight is 663 g/mol. The van der Waals surface area contributed by atoms with Crippen molar-refractivity contribution in [3.8, 4) is 11.3 Å². The van der Waals surface area contributed by atoms with Crippen LogP contribution in [0.1, 0.15) is 82.3 Å². The van der Waals surface area contributed by atoms with E-state index in [1.807, 2.05) is 36.2 Å². The van der Waals surface area contributed by atoms with Crippen molar-refractivity contribution in [2.45, 2.75) is 76.7 Å². The molecule has 254 valence electrons. The molecule has 0 bridgehead atoms. The van der Waals surface area contributed by atoms with Gasteiger partial charge in [0.25, 0.3) is 0 Å². The molecule has 3 aromatic rings. The predicted molar refractivity (Wildman–Crippen MR) is 188 cm³/mol. The molecular weight excluding hydrogens is 612 g/mol. The fraction of sp³-hybridized carbons (Fsp3) is 0.553. The van der Waals surface area contributed by atoms with Crippen molar-refractivity contribution >= 4 is 34.5 Å². The van der Waals surface area contributed by atoms with Crippen LogP contribution in [-0.2, 0) is 15.1 Å². The number of hydrogen-bond acceptors (Lipinski definition) is 6. The monoisotopic (exact) mass is 662 g/mol. The van der Waals surface area contributed by atoms with Crippen molar-refractivity contribution in [2.75, 3.05) is 40.3 Å². The van der Waals surface area contributed by atoms with E-state index in [1.165, 1.54) is 7.11 Å². The number of pyridine rings is 1. The second-order valence-electron chi connectivity index (χ2n) is 13.8. The summed E-state index contributed by atoms with van der Waals surface area (Å²) >= 11 is 7.01. The Morgan fingerprint density at radius 1 is 1.09 bits per heavy atom. The maximum absolute atomic E-state index is 13.9. The van der Waals surface area contributed by atoms with Crippen LogP contribution in [0.25, 0.3) is 22.2 Å². The van der Waals surface area contributed by atoms with Gasteiger partial charge in [0.05, 0.1) is 28.9 Å². The number of fused-ring (bicyclic) bond motifs is 1. The van der Waals surface area contributed by atoms with E-state index in [9.17, 15) is 14.7 Å². The second kappa shape index (κ2) is 15.8. The van der Waals surface area contributed by atoms with Gasteiger partial charge in [-0.05, 0) is 100 Å². The zero-order chi connectivity index (χ0) is 33.6. The van der Waals surface area contributed by atoms with Crippen LogP contribution < -0.4 is 10.6 Å². The van der Waals surface area contributed by atoms with Crippen molar-refractivity contribution in [2.24, 2.45) is 17.8 Å². The lowest BCUT2D eigenvalue weighted by atomic mass is 9.72. The summed E-state index contributed by atoms with van der Waals surface area (Å²) in [5, 5.41) is 20.6. The fourth-order valence-corrected chi connectivity index (χ4v) is 8.10. The van der Waals surface area contributed by atoms with Crippen LogP contribution in [0.4, 0.5) is 4.79 Å². The van der Waals surface area contributed by atoms with Gasteiger partial charge in [0.15, 0.2) is 0 Å². The van der Waals surface area contributed by atoms with E-state index in [2.05, 4.69) is 48.7 Å². The average Bonchev–Trinajstić information content (AvgIpc) is 3.09. The summed E-state index contributed by atoms with van der Waals surface area (Å²) in [5.74, 6) is 0.954. The third-order valence-electron chi connectivity index (χ3n) is 10.4. The summed E-state index contributed by atoms with van der Waals surface area (Å²) in [4.78, 5) is 32.9. The summed E-state index contributed by atoms with van der Waals surface area (Å²) in [6, 6.07) is 16.0. The molecule has 8 nitrogen and oxygen atoms in total. The lowest BCUT2D eigenvalue weighted by molar-refractivity contribution is -0.142. The van der Waals surface area contributed by atoms with Crippen molar-refractivity contribution in [1.82, 2.24) is 20.5 Å². The normalized spacial score (nSPS) is 21.4. The summed E-state index contributed by atoms with van der Waals surface area (Å²) in [6.45, 7) is 6.85. The molecule has 1 aromatic heterocycles. The number of benzene rings is 2. The summed E-state index contributed by atoms with van der Waals surface area (Å²) in [5.41, 5.74) is 2.89. The molecule has 5 rings (SSSR count). The summed E-state index contributed by atoms with van der Waals surface area (Å²) in [6.07, 6.45) is 5.93. The van der Waals surface area contributed by atoms with Crippen LogP contribution in [0.3, 0.4) is 0 Å². The number of piperidine rings is 1. The van der Waals surface area contributed by atoms with Crippen molar-refractivity contribution in [3.05, 3.63) is 64.7 Å². The molecule has 3 N–H and O–H groups in total. The van der Waals surface area contributed by atoms with Gasteiger partial charge in [0.1, 0.15) is 0 Å². The van der Waals surface area contributed by atoms with E-state index in [0.29, 0.717) is 60.2 Å². The molecule has 2 fully saturated rings. The number of carbonyl (C=O) groups excluding carboxylic acids is 2. The molecule has 47 heavy (non-hydrogen) atoms. The topological polar surface area (TPSA) is 104 Å². The minimum Gasteiger partial charge on any atom is -0.453 e. The molecule has 2 heterocycles. The van der Waals surface area contributed by atoms with Crippen LogP contribution in [0.15, 0.2) is 48.5 Å². The van der Waals surface area contributed by atoms with Gasteiger partial charge >= 0.3 is 6.09 Å². The third-order valence-corrected chi connectivity index (χ3v) is 10.7. The molecule has 2 aromatic carbocycles. The lowest BCUT2D eigenvalue weighted by Crippen LogP contribution is -2.50. The molecule has 9 heteroatoms. The number of amides is 2. The molecule has 0 unspecified atom stereocenters. The Morgan fingerprint density at radius 2 is 1.85 bits per heavy atom. The van der Waals surface area contributed by atoms with Gasteiger partial charge in [0.2, 0.25) is 5.91 Å². The number of aliphatic hydroxyl groups is 1. The second-order valence-corrected chi connectivity index (χ2v) is 14.2. The lowest BCUT2D eigenvalue weighted by Gasteiger charge is -2.44. The Balaban J connectivity index is 1.49. The molecule has 2 atom stereocenters. The van der Waals surface area contributed by atoms with Crippen LogP contribution in [0.2, 0.25) is 5.02 Å². The van der Waals surface area contributed by atoms with E-state index in [4.69, 9.17) is 21.3 Å². The first-order chi connectivity index (χ1) is 22.7. The van der Waals surface area contributed by atoms with Gasteiger partial charge in [-0.15, -0.1) is 0 Å². The van der Waals surface area contributed by atoms with Crippen LogP contribution in [0, 0.1) is 17.8 Å². The first-order valence-electron chi connectivity index (χ1n) is 17.3. The maximum atomic E-state index is 13.9. The number of nitrogens with one attached hydrogen (secondary N) is 2. The smallest absolute Gasteiger partial charge is 0.406 e. The van der Waals surface area contributed by atoms with Crippen LogP contribution >= 0.6 is 11.6 Å². The SMILES string of the molecule is CNC[C@H]1CC[C@H](C(=O)N2CCC[C@@H]([C@@](O)(CCCNC(=O)OC)c3cccc(Cl)c3-c3ccc4cccc(C(C)C)c4n3)C2)CC1. The van der Waals surface area contributed by atoms with Gasteiger partial charge in [0, 0.05) is 42.4 Å². The first kappa shape index (κ1) is 35.1. The largest absolute Gasteiger partial charge is 0.453 e. The quantitative estimate of drug-likeness (QED) is 0.187. The van der Waals surface area contributed by atoms with Crippen molar-refractivity contribution in [1.29, 1.82) is 0 Å². The van der Waals surface area contributed by atoms with Gasteiger partial charge in [-0.25, -0.2) is 9.78 Å². The Labute approximate surface area is 284 Å². The zero-order valence-corrected chi connectivity index (χ0v) is 29.1. The number of likely N-dealkylation sites (tertiary alicyclic amines) is 1. The number of para-hydroxylation sites is 1. The zero-order valence-electron chi connectivity index (χ0n) is 28.4. The highest BCUT2D eigenvalue weighted by Gasteiger charge is 2.44. The number of aromatic nitrogens is 1. The van der Waals surface area contributed by atoms with Gasteiger partial charge in [-0.1, -0.05) is 61.8 Å². The highest BCUT2D eigenvalue weighted by Crippen LogP contribution is 2.46. The number of nitrogens with zero attached hydrogens (tertiary/aromatic N) is 2. The van der Waals surface area contributed by atoms with Gasteiger partial charge < -0.3 is 25.4 Å². The number of ether oxygens (including phenoxy) is 1. The first-order valence-corrected chi connectivity index (χ1v) is 17.7. The highest BCUT2D eigenvalue weighted by atomic mass is 35.5. The van der Waals surface area contributed by atoms with E-state index < -0.39 is 11.7 Å².